The van der Waals surface area contributed by atoms with Crippen LogP contribution < -0.4 is 14.8 Å². The minimum absolute atomic E-state index is 0.0475. The van der Waals surface area contributed by atoms with Crippen LogP contribution in [0.15, 0.2) is 70.3 Å². The minimum atomic E-state index is -3.97. The summed E-state index contributed by atoms with van der Waals surface area (Å²) in [6.45, 7) is 0. The van der Waals surface area contributed by atoms with E-state index in [4.69, 9.17) is 9.47 Å². The van der Waals surface area contributed by atoms with E-state index in [1.807, 2.05) is 0 Å². The first-order valence-electron chi connectivity index (χ1n) is 9.08. The Hall–Kier alpha value is -3.44. The van der Waals surface area contributed by atoms with E-state index >= 15 is 0 Å². The van der Waals surface area contributed by atoms with Crippen molar-refractivity contribution >= 4 is 49.6 Å². The van der Waals surface area contributed by atoms with Crippen LogP contribution in [0, 0.1) is 0 Å². The average molecular weight is 518 g/mol. The fourth-order valence-corrected chi connectivity index (χ4v) is 4.12. The van der Waals surface area contributed by atoms with E-state index in [-0.39, 0.29) is 10.8 Å². The third kappa shape index (κ3) is 5.83. The predicted octanol–water partition coefficient (Wildman–Crippen LogP) is 4.30. The summed E-state index contributed by atoms with van der Waals surface area (Å²) >= 11 is 3.40. The summed E-state index contributed by atoms with van der Waals surface area (Å²) in [6, 6.07) is 10.7. The Labute approximate surface area is 193 Å². The summed E-state index contributed by atoms with van der Waals surface area (Å²) < 4.78 is 39.5. The highest BCUT2D eigenvalue weighted by Crippen LogP contribution is 2.36. The highest BCUT2D eigenvalue weighted by molar-refractivity contribution is 9.10. The van der Waals surface area contributed by atoms with Crippen molar-refractivity contribution in [3.63, 3.8) is 0 Å². The first-order valence-corrected chi connectivity index (χ1v) is 11.3. The topological polar surface area (TPSA) is 122 Å². The molecule has 1 aromatic heterocycles. The van der Waals surface area contributed by atoms with Gasteiger partial charge < -0.3 is 24.8 Å². The summed E-state index contributed by atoms with van der Waals surface area (Å²) in [5.41, 5.74) is 1.14. The van der Waals surface area contributed by atoms with E-state index in [0.29, 0.717) is 21.7 Å². The van der Waals surface area contributed by atoms with Crippen molar-refractivity contribution in [2.75, 3.05) is 19.5 Å². The third-order valence-electron chi connectivity index (χ3n) is 4.06. The molecular formula is C21H18BrN4O5S-. The number of halogens is 1. The molecule has 0 radical (unpaired) electrons. The molecule has 1 heterocycles. The summed E-state index contributed by atoms with van der Waals surface area (Å²) in [5, 5.41) is 2.66. The number of hydrogen-bond acceptors (Lipinski definition) is 7. The molecule has 2 aromatic carbocycles. The number of methoxy groups -OCH3 is 2. The first-order chi connectivity index (χ1) is 15.3. The van der Waals surface area contributed by atoms with Crippen molar-refractivity contribution in [2.24, 2.45) is 0 Å². The lowest BCUT2D eigenvalue weighted by Crippen LogP contribution is -2.08. The maximum atomic E-state index is 12.4. The smallest absolute Gasteiger partial charge is 0.248 e. The molecule has 9 nitrogen and oxygen atoms in total. The van der Waals surface area contributed by atoms with Gasteiger partial charge >= 0.3 is 0 Å². The first kappa shape index (κ1) is 23.2. The van der Waals surface area contributed by atoms with Gasteiger partial charge in [-0.25, -0.2) is 8.42 Å². The Morgan fingerprint density at radius 1 is 1.09 bits per heavy atom. The maximum absolute atomic E-state index is 12.4. The molecule has 1 amide bonds. The lowest BCUT2D eigenvalue weighted by Gasteiger charge is -2.12. The summed E-state index contributed by atoms with van der Waals surface area (Å²) in [6.07, 6.45) is 5.75. The van der Waals surface area contributed by atoms with Crippen molar-refractivity contribution < 1.29 is 22.7 Å². The highest BCUT2D eigenvalue weighted by Gasteiger charge is 2.12. The Bertz CT molecular complexity index is 1230. The van der Waals surface area contributed by atoms with Gasteiger partial charge in [0, 0.05) is 17.7 Å². The van der Waals surface area contributed by atoms with Gasteiger partial charge in [0.05, 0.1) is 23.6 Å². The second kappa shape index (κ2) is 10.2. The number of benzene rings is 2. The van der Waals surface area contributed by atoms with Crippen LogP contribution in [0.5, 0.6) is 11.5 Å². The van der Waals surface area contributed by atoms with Gasteiger partial charge in [-0.2, -0.15) is 0 Å². The van der Waals surface area contributed by atoms with Gasteiger partial charge in [0.1, 0.15) is 0 Å². The number of aromatic nitrogens is 2. The van der Waals surface area contributed by atoms with Crippen molar-refractivity contribution in [1.29, 1.82) is 0 Å². The Balaban J connectivity index is 1.67. The second-order valence-corrected chi connectivity index (χ2v) is 8.66. The number of amides is 1. The number of carbonyl (C=O) groups is 1. The molecular weight excluding hydrogens is 500 g/mol. The van der Waals surface area contributed by atoms with Gasteiger partial charge in [-0.05, 0) is 76.4 Å². The zero-order valence-electron chi connectivity index (χ0n) is 17.0. The molecule has 0 saturated carbocycles. The van der Waals surface area contributed by atoms with Crippen molar-refractivity contribution in [2.45, 2.75) is 4.90 Å². The van der Waals surface area contributed by atoms with Gasteiger partial charge in [0.25, 0.3) is 0 Å². The molecule has 11 heteroatoms. The molecule has 3 rings (SSSR count). The average Bonchev–Trinajstić information content (AvgIpc) is 2.78. The normalized spacial score (nSPS) is 11.2. The predicted molar refractivity (Wildman–Crippen MR) is 124 cm³/mol. The van der Waals surface area contributed by atoms with Crippen molar-refractivity contribution in [1.82, 2.24) is 9.97 Å². The molecule has 0 fully saturated rings. The number of sulfonamides is 1. The van der Waals surface area contributed by atoms with E-state index in [2.05, 4.69) is 35.9 Å². The van der Waals surface area contributed by atoms with Crippen LogP contribution in [0.4, 0.5) is 11.6 Å². The number of anilines is 1. The van der Waals surface area contributed by atoms with Crippen LogP contribution in [-0.4, -0.2) is 38.5 Å². The molecule has 0 bridgehead atoms. The largest absolute Gasteiger partial charge is 0.493 e. The quantitative estimate of drug-likeness (QED) is 0.441. The molecule has 0 aliphatic carbocycles. The summed E-state index contributed by atoms with van der Waals surface area (Å²) in [5.74, 6) is 0.519. The zero-order valence-corrected chi connectivity index (χ0v) is 19.4. The van der Waals surface area contributed by atoms with Gasteiger partial charge in [0.2, 0.25) is 15.9 Å². The SMILES string of the molecule is COc1cc(C=CC(=O)Nc2ccc(S(=O)(=O)[N-]c3ncccn3)cc2)cc(Br)c1OC. The van der Waals surface area contributed by atoms with Gasteiger partial charge in [-0.3, -0.25) is 9.52 Å². The van der Waals surface area contributed by atoms with E-state index < -0.39 is 15.9 Å². The molecule has 0 aliphatic rings. The van der Waals surface area contributed by atoms with E-state index in [0.717, 1.165) is 5.56 Å². The number of carbonyl (C=O) groups excluding carboxylic acids is 1. The summed E-state index contributed by atoms with van der Waals surface area (Å²) in [4.78, 5) is 19.8. The fourth-order valence-electron chi connectivity index (χ4n) is 2.60. The number of ether oxygens (including phenoxy) is 2. The molecule has 32 heavy (non-hydrogen) atoms. The van der Waals surface area contributed by atoms with Gasteiger partial charge in [0.15, 0.2) is 11.5 Å². The van der Waals surface area contributed by atoms with E-state index in [1.165, 1.54) is 57.0 Å². The van der Waals surface area contributed by atoms with E-state index in [9.17, 15) is 13.2 Å². The van der Waals surface area contributed by atoms with Crippen LogP contribution in [0.1, 0.15) is 5.56 Å². The molecule has 0 aliphatic heterocycles. The van der Waals surface area contributed by atoms with Crippen LogP contribution >= 0.6 is 15.9 Å². The van der Waals surface area contributed by atoms with Crippen LogP contribution in [0.3, 0.4) is 0 Å². The van der Waals surface area contributed by atoms with E-state index in [1.54, 1.807) is 24.3 Å². The molecule has 0 saturated heterocycles. The lowest BCUT2D eigenvalue weighted by atomic mass is 10.2. The monoisotopic (exact) mass is 517 g/mol. The molecule has 3 aromatic rings. The highest BCUT2D eigenvalue weighted by atomic mass is 79.9. The van der Waals surface area contributed by atoms with Gasteiger partial charge in [-0.1, -0.05) is 6.07 Å². The Morgan fingerprint density at radius 3 is 2.41 bits per heavy atom. The van der Waals surface area contributed by atoms with Crippen LogP contribution in [-0.2, 0) is 14.8 Å². The number of hydrogen-bond donors (Lipinski definition) is 1. The van der Waals surface area contributed by atoms with Crippen LogP contribution in [0.25, 0.3) is 10.8 Å². The molecule has 0 unspecified atom stereocenters. The number of nitrogens with one attached hydrogen (secondary N) is 1. The van der Waals surface area contributed by atoms with Crippen molar-refractivity contribution in [3.8, 4) is 11.5 Å². The molecule has 0 atom stereocenters. The molecule has 0 spiro atoms. The third-order valence-corrected chi connectivity index (χ3v) is 5.92. The van der Waals surface area contributed by atoms with Gasteiger partial charge in [-0.15, -0.1) is 0 Å². The number of nitrogens with zero attached hydrogens (tertiary/aromatic N) is 3. The van der Waals surface area contributed by atoms with Crippen molar-refractivity contribution in [3.05, 3.63) is 75.7 Å². The fraction of sp³-hybridized carbons (Fsp3) is 0.0952. The number of rotatable bonds is 8. The molecule has 166 valence electrons. The zero-order chi connectivity index (χ0) is 23.1. The maximum Gasteiger partial charge on any atom is 0.248 e. The summed E-state index contributed by atoms with van der Waals surface area (Å²) in [7, 11) is -0.919. The molecule has 1 N–H and O–H groups in total. The Kier molecular flexibility index (Phi) is 7.44. The Morgan fingerprint density at radius 2 is 1.78 bits per heavy atom. The minimum Gasteiger partial charge on any atom is -0.493 e. The second-order valence-electron chi connectivity index (χ2n) is 6.20. The standard InChI is InChI=1S/C21H19BrN4O5S/c1-30-18-13-14(12-17(22)20(18)31-2)4-9-19(27)25-15-5-7-16(8-6-15)32(28,29)26-21-23-10-3-11-24-21/h3-13H,1-2H3,(H2,23,24,25,26,27)/p-1. The van der Waals surface area contributed by atoms with Crippen LogP contribution in [0.2, 0.25) is 0 Å². The lowest BCUT2D eigenvalue weighted by molar-refractivity contribution is -0.111.